The van der Waals surface area contributed by atoms with Crippen LogP contribution in [0.4, 0.5) is 0 Å². The van der Waals surface area contributed by atoms with Gasteiger partial charge in [-0.1, -0.05) is 36.7 Å². The van der Waals surface area contributed by atoms with Crippen LogP contribution in [-0.4, -0.2) is 14.9 Å². The predicted octanol–water partition coefficient (Wildman–Crippen LogP) is 3.41. The number of para-hydroxylation sites is 1. The van der Waals surface area contributed by atoms with E-state index in [1.54, 1.807) is 6.20 Å². The van der Waals surface area contributed by atoms with Crippen molar-refractivity contribution in [3.8, 4) is 0 Å². The van der Waals surface area contributed by atoms with Crippen molar-refractivity contribution in [1.29, 1.82) is 0 Å². The molecular weight excluding hydrogens is 242 g/mol. The number of fused-ring (bicyclic) bond motifs is 1. The summed E-state index contributed by atoms with van der Waals surface area (Å²) >= 11 is 6.24. The molecule has 0 spiro atoms. The molecule has 1 heterocycles. The molecule has 0 N–H and O–H groups in total. The van der Waals surface area contributed by atoms with Crippen molar-refractivity contribution in [2.24, 2.45) is 0 Å². The molecule has 84 valence electrons. The van der Waals surface area contributed by atoms with Gasteiger partial charge < -0.3 is 0 Å². The van der Waals surface area contributed by atoms with Gasteiger partial charge in [-0.2, -0.15) is 0 Å². The average molecular weight is 254 g/mol. The maximum absolute atomic E-state index is 11.9. The van der Waals surface area contributed by atoms with Crippen molar-refractivity contribution >= 4 is 33.3 Å². The highest BCUT2D eigenvalue weighted by molar-refractivity contribution is 7.85. The van der Waals surface area contributed by atoms with Crippen LogP contribution < -0.4 is 0 Å². The van der Waals surface area contributed by atoms with Gasteiger partial charge in [-0.25, -0.2) is 0 Å². The van der Waals surface area contributed by atoms with E-state index in [1.807, 2.05) is 31.2 Å². The number of benzene rings is 1. The molecule has 16 heavy (non-hydrogen) atoms. The number of pyridine rings is 1. The summed E-state index contributed by atoms with van der Waals surface area (Å²) in [5, 5.41) is 1.43. The van der Waals surface area contributed by atoms with E-state index in [4.69, 9.17) is 11.6 Å². The summed E-state index contributed by atoms with van der Waals surface area (Å²) in [6, 6.07) is 7.61. The largest absolute Gasteiger partial charge is 0.255 e. The number of halogens is 1. The fourth-order valence-corrected chi connectivity index (χ4v) is 3.08. The first-order valence-electron chi connectivity index (χ1n) is 5.15. The summed E-state index contributed by atoms with van der Waals surface area (Å²) in [5.74, 6) is 0.625. The average Bonchev–Trinajstić information content (AvgIpc) is 2.30. The summed E-state index contributed by atoms with van der Waals surface area (Å²) < 4.78 is 11.9. The Labute approximate surface area is 102 Å². The zero-order valence-electron chi connectivity index (χ0n) is 8.94. The Bertz CT molecular complexity index is 542. The Morgan fingerprint density at radius 2 is 2.12 bits per heavy atom. The van der Waals surface area contributed by atoms with E-state index in [-0.39, 0.29) is 0 Å². The van der Waals surface area contributed by atoms with E-state index < -0.39 is 10.8 Å². The molecule has 0 amide bonds. The first kappa shape index (κ1) is 11.6. The van der Waals surface area contributed by atoms with Crippen molar-refractivity contribution in [2.75, 3.05) is 5.75 Å². The van der Waals surface area contributed by atoms with Gasteiger partial charge in [-0.3, -0.25) is 9.19 Å². The van der Waals surface area contributed by atoms with Crippen LogP contribution in [0.15, 0.2) is 35.4 Å². The molecule has 2 rings (SSSR count). The first-order valence-corrected chi connectivity index (χ1v) is 6.85. The van der Waals surface area contributed by atoms with Crippen molar-refractivity contribution in [3.05, 3.63) is 35.5 Å². The van der Waals surface area contributed by atoms with Crippen LogP contribution >= 0.6 is 11.6 Å². The third kappa shape index (κ3) is 2.11. The Morgan fingerprint density at radius 3 is 2.88 bits per heavy atom. The van der Waals surface area contributed by atoms with E-state index >= 15 is 0 Å². The predicted molar refractivity (Wildman–Crippen MR) is 68.3 cm³/mol. The third-order valence-electron chi connectivity index (χ3n) is 2.31. The fourth-order valence-electron chi connectivity index (χ4n) is 1.54. The summed E-state index contributed by atoms with van der Waals surface area (Å²) in [4.78, 5) is 4.91. The third-order valence-corrected chi connectivity index (χ3v) is 4.41. The minimum atomic E-state index is -1.05. The Balaban J connectivity index is 2.56. The van der Waals surface area contributed by atoms with E-state index in [0.717, 1.165) is 17.3 Å². The quantitative estimate of drug-likeness (QED) is 0.839. The van der Waals surface area contributed by atoms with Crippen LogP contribution in [0.1, 0.15) is 13.3 Å². The van der Waals surface area contributed by atoms with Crippen LogP contribution in [0.5, 0.6) is 0 Å². The molecular formula is C12H12ClNOS. The minimum absolute atomic E-state index is 0.567. The van der Waals surface area contributed by atoms with Gasteiger partial charge in [-0.05, 0) is 12.5 Å². The van der Waals surface area contributed by atoms with Gasteiger partial charge in [-0.15, -0.1) is 0 Å². The van der Waals surface area contributed by atoms with Gasteiger partial charge in [0.25, 0.3) is 0 Å². The summed E-state index contributed by atoms with van der Waals surface area (Å²) in [6.45, 7) is 2.00. The summed E-state index contributed by atoms with van der Waals surface area (Å²) in [5.41, 5.74) is 0.838. The molecule has 1 aromatic heterocycles. The maximum Gasteiger partial charge on any atom is 0.0764 e. The Morgan fingerprint density at radius 1 is 1.38 bits per heavy atom. The smallest absolute Gasteiger partial charge is 0.0764 e. The normalized spacial score (nSPS) is 12.9. The van der Waals surface area contributed by atoms with Gasteiger partial charge in [0.2, 0.25) is 0 Å². The second kappa shape index (κ2) is 4.93. The van der Waals surface area contributed by atoms with Crippen LogP contribution in [0.2, 0.25) is 5.02 Å². The molecule has 0 fully saturated rings. The molecule has 1 aromatic carbocycles. The van der Waals surface area contributed by atoms with Gasteiger partial charge in [0.1, 0.15) is 0 Å². The van der Waals surface area contributed by atoms with Crippen LogP contribution in [0.3, 0.4) is 0 Å². The number of aromatic nitrogens is 1. The zero-order chi connectivity index (χ0) is 11.5. The van der Waals surface area contributed by atoms with Crippen molar-refractivity contribution in [2.45, 2.75) is 18.2 Å². The topological polar surface area (TPSA) is 30.0 Å². The van der Waals surface area contributed by atoms with E-state index in [1.165, 1.54) is 0 Å². The van der Waals surface area contributed by atoms with Gasteiger partial charge >= 0.3 is 0 Å². The van der Waals surface area contributed by atoms with Gasteiger partial charge in [0.15, 0.2) is 0 Å². The molecule has 0 saturated carbocycles. The second-order valence-electron chi connectivity index (χ2n) is 3.50. The molecule has 0 aliphatic rings. The SMILES string of the molecule is CCCS(=O)c1cnc2ccccc2c1Cl. The number of rotatable bonds is 3. The zero-order valence-corrected chi connectivity index (χ0v) is 10.5. The molecule has 4 heteroatoms. The van der Waals surface area contributed by atoms with Gasteiger partial charge in [0, 0.05) is 17.3 Å². The number of hydrogen-bond donors (Lipinski definition) is 0. The summed E-state index contributed by atoms with van der Waals surface area (Å²) in [7, 11) is -1.05. The lowest BCUT2D eigenvalue weighted by Gasteiger charge is -2.05. The molecule has 0 saturated heterocycles. The van der Waals surface area contributed by atoms with E-state index in [2.05, 4.69) is 4.98 Å². The minimum Gasteiger partial charge on any atom is -0.255 e. The first-order chi connectivity index (χ1) is 7.74. The van der Waals surface area contributed by atoms with Crippen molar-refractivity contribution in [1.82, 2.24) is 4.98 Å². The monoisotopic (exact) mass is 253 g/mol. The Kier molecular flexibility index (Phi) is 3.56. The maximum atomic E-state index is 11.9. The van der Waals surface area contributed by atoms with Crippen LogP contribution in [0, 0.1) is 0 Å². The number of hydrogen-bond acceptors (Lipinski definition) is 2. The second-order valence-corrected chi connectivity index (χ2v) is 5.42. The molecule has 0 bridgehead atoms. The molecule has 1 unspecified atom stereocenters. The summed E-state index contributed by atoms with van der Waals surface area (Å²) in [6.07, 6.45) is 2.49. The van der Waals surface area contributed by atoms with Crippen LogP contribution in [-0.2, 0) is 10.8 Å². The molecule has 2 aromatic rings. The lowest BCUT2D eigenvalue weighted by atomic mass is 10.2. The highest BCUT2D eigenvalue weighted by Gasteiger charge is 2.11. The Hall–Kier alpha value is -0.930. The van der Waals surface area contributed by atoms with Crippen molar-refractivity contribution < 1.29 is 4.21 Å². The molecule has 0 radical (unpaired) electrons. The number of nitrogens with zero attached hydrogens (tertiary/aromatic N) is 1. The lowest BCUT2D eigenvalue weighted by molar-refractivity contribution is 0.681. The lowest BCUT2D eigenvalue weighted by Crippen LogP contribution is -1.99. The standard InChI is InChI=1S/C12H12ClNOS/c1-2-7-16(15)11-8-14-10-6-4-3-5-9(10)12(11)13/h3-6,8H,2,7H2,1H3. The molecule has 0 aliphatic carbocycles. The van der Waals surface area contributed by atoms with Gasteiger partial charge in [0.05, 0.1) is 26.2 Å². The van der Waals surface area contributed by atoms with Crippen LogP contribution in [0.25, 0.3) is 10.9 Å². The highest BCUT2D eigenvalue weighted by atomic mass is 35.5. The fraction of sp³-hybridized carbons (Fsp3) is 0.250. The molecule has 1 atom stereocenters. The molecule has 2 nitrogen and oxygen atoms in total. The highest BCUT2D eigenvalue weighted by Crippen LogP contribution is 2.27. The molecule has 0 aliphatic heterocycles. The van der Waals surface area contributed by atoms with Crippen molar-refractivity contribution in [3.63, 3.8) is 0 Å². The van der Waals surface area contributed by atoms with E-state index in [0.29, 0.717) is 15.7 Å². The van der Waals surface area contributed by atoms with E-state index in [9.17, 15) is 4.21 Å².